The summed E-state index contributed by atoms with van der Waals surface area (Å²) in [5.74, 6) is -0.649. The molecule has 1 aliphatic carbocycles. The van der Waals surface area contributed by atoms with Gasteiger partial charge in [0.1, 0.15) is 0 Å². The number of carbonyl (C=O) groups is 2. The maximum absolute atomic E-state index is 13.4. The molecule has 1 N–H and O–H groups in total. The summed E-state index contributed by atoms with van der Waals surface area (Å²) in [7, 11) is 0. The Morgan fingerprint density at radius 2 is 1.76 bits per heavy atom. The molecule has 1 atom stereocenters. The first kappa shape index (κ1) is 22.5. The van der Waals surface area contributed by atoms with Crippen molar-refractivity contribution in [2.24, 2.45) is 0 Å². The van der Waals surface area contributed by atoms with Gasteiger partial charge in [-0.2, -0.15) is 13.2 Å². The van der Waals surface area contributed by atoms with Crippen molar-refractivity contribution >= 4 is 17.5 Å². The number of nitrogens with zero attached hydrogens (tertiary/aromatic N) is 2. The molecule has 1 saturated carbocycles. The number of alkyl halides is 3. The number of carbonyl (C=O) groups excluding carboxylic acids is 2. The third kappa shape index (κ3) is 5.22. The van der Waals surface area contributed by atoms with Crippen LogP contribution in [0.2, 0.25) is 0 Å². The SMILES string of the molecule is CC(c1cccc(C(F)(F)F)c1)N(C(=O)c1cccc(NC(=O)c2cccnc2)c1)C1CC1. The molecule has 3 aromatic rings. The maximum atomic E-state index is 13.4. The number of hydrogen-bond donors (Lipinski definition) is 1. The first-order chi connectivity index (χ1) is 15.7. The van der Waals surface area contributed by atoms with E-state index in [9.17, 15) is 22.8 Å². The lowest BCUT2D eigenvalue weighted by molar-refractivity contribution is -0.137. The molecule has 5 nitrogen and oxygen atoms in total. The molecule has 2 aromatic carbocycles. The summed E-state index contributed by atoms with van der Waals surface area (Å²) in [5, 5.41) is 2.75. The van der Waals surface area contributed by atoms with Gasteiger partial charge in [0.15, 0.2) is 0 Å². The molecular weight excluding hydrogens is 431 g/mol. The Morgan fingerprint density at radius 1 is 1.03 bits per heavy atom. The molecule has 1 fully saturated rings. The highest BCUT2D eigenvalue weighted by molar-refractivity contribution is 6.05. The van der Waals surface area contributed by atoms with Crippen molar-refractivity contribution in [1.29, 1.82) is 0 Å². The lowest BCUT2D eigenvalue weighted by Gasteiger charge is -2.30. The summed E-state index contributed by atoms with van der Waals surface area (Å²) in [4.78, 5) is 31.4. The average molecular weight is 453 g/mol. The van der Waals surface area contributed by atoms with Crippen molar-refractivity contribution in [3.8, 4) is 0 Å². The lowest BCUT2D eigenvalue weighted by atomic mass is 10.0. The normalized spacial score (nSPS) is 14.4. The van der Waals surface area contributed by atoms with Gasteiger partial charge < -0.3 is 10.2 Å². The zero-order chi connectivity index (χ0) is 23.6. The second-order valence-electron chi connectivity index (χ2n) is 8.02. The van der Waals surface area contributed by atoms with Gasteiger partial charge in [0, 0.05) is 29.7 Å². The molecule has 170 valence electrons. The van der Waals surface area contributed by atoms with E-state index < -0.39 is 17.8 Å². The molecule has 1 heterocycles. The number of anilines is 1. The van der Waals surface area contributed by atoms with Crippen LogP contribution in [0, 0.1) is 0 Å². The van der Waals surface area contributed by atoms with Crippen LogP contribution in [-0.4, -0.2) is 27.7 Å². The Kier molecular flexibility index (Phi) is 6.18. The molecule has 8 heteroatoms. The van der Waals surface area contributed by atoms with Gasteiger partial charge in [-0.05, 0) is 67.8 Å². The van der Waals surface area contributed by atoms with Crippen LogP contribution in [0.5, 0.6) is 0 Å². The van der Waals surface area contributed by atoms with E-state index in [1.165, 1.54) is 12.3 Å². The first-order valence-corrected chi connectivity index (χ1v) is 10.6. The lowest BCUT2D eigenvalue weighted by Crippen LogP contribution is -2.35. The smallest absolute Gasteiger partial charge is 0.329 e. The number of rotatable bonds is 6. The van der Waals surface area contributed by atoms with Gasteiger partial charge in [-0.1, -0.05) is 18.2 Å². The highest BCUT2D eigenvalue weighted by atomic mass is 19.4. The third-order valence-corrected chi connectivity index (χ3v) is 5.58. The van der Waals surface area contributed by atoms with E-state index in [4.69, 9.17) is 0 Å². The molecule has 4 rings (SSSR count). The van der Waals surface area contributed by atoms with E-state index in [-0.39, 0.29) is 17.9 Å². The largest absolute Gasteiger partial charge is 0.416 e. The summed E-state index contributed by atoms with van der Waals surface area (Å²) >= 11 is 0. The molecule has 0 saturated heterocycles. The summed E-state index contributed by atoms with van der Waals surface area (Å²) in [6, 6.07) is 14.3. The predicted octanol–water partition coefficient (Wildman–Crippen LogP) is 5.72. The van der Waals surface area contributed by atoms with Gasteiger partial charge in [-0.15, -0.1) is 0 Å². The van der Waals surface area contributed by atoms with Gasteiger partial charge in [-0.3, -0.25) is 14.6 Å². The molecule has 1 unspecified atom stereocenters. The van der Waals surface area contributed by atoms with Crippen LogP contribution < -0.4 is 5.32 Å². The Hall–Kier alpha value is -3.68. The number of nitrogens with one attached hydrogen (secondary N) is 1. The Bertz CT molecular complexity index is 1160. The van der Waals surface area contributed by atoms with Crippen LogP contribution in [-0.2, 0) is 6.18 Å². The number of hydrogen-bond acceptors (Lipinski definition) is 3. The molecule has 1 aromatic heterocycles. The fourth-order valence-electron chi connectivity index (χ4n) is 3.73. The topological polar surface area (TPSA) is 62.3 Å². The maximum Gasteiger partial charge on any atom is 0.416 e. The standard InChI is InChI=1S/C25H22F3N3O2/c1-16(17-5-2-8-20(13-17)25(26,27)28)31(22-10-11-22)24(33)18-6-3-9-21(14-18)30-23(32)19-7-4-12-29-15-19/h2-9,12-16,22H,10-11H2,1H3,(H,30,32). The van der Waals surface area contributed by atoms with Crippen LogP contribution in [0.1, 0.15) is 57.7 Å². The van der Waals surface area contributed by atoms with Crippen molar-refractivity contribution in [3.63, 3.8) is 0 Å². The van der Waals surface area contributed by atoms with Crippen LogP contribution in [0.3, 0.4) is 0 Å². The zero-order valence-electron chi connectivity index (χ0n) is 17.8. The second-order valence-corrected chi connectivity index (χ2v) is 8.02. The third-order valence-electron chi connectivity index (χ3n) is 5.58. The molecular formula is C25H22F3N3O2. The highest BCUT2D eigenvalue weighted by Crippen LogP contribution is 2.37. The summed E-state index contributed by atoms with van der Waals surface area (Å²) < 4.78 is 39.5. The molecule has 2 amide bonds. The van der Waals surface area contributed by atoms with Gasteiger partial charge >= 0.3 is 6.18 Å². The molecule has 0 radical (unpaired) electrons. The number of benzene rings is 2. The first-order valence-electron chi connectivity index (χ1n) is 10.6. The van der Waals surface area contributed by atoms with Gasteiger partial charge in [0.25, 0.3) is 11.8 Å². The number of halogens is 3. The monoisotopic (exact) mass is 453 g/mol. The van der Waals surface area contributed by atoms with E-state index in [0.29, 0.717) is 22.4 Å². The van der Waals surface area contributed by atoms with Gasteiger partial charge in [0.2, 0.25) is 0 Å². The number of aromatic nitrogens is 1. The summed E-state index contributed by atoms with van der Waals surface area (Å²) in [6.07, 6.45) is 0.147. The van der Waals surface area contributed by atoms with Crippen molar-refractivity contribution in [1.82, 2.24) is 9.88 Å². The Morgan fingerprint density at radius 3 is 2.42 bits per heavy atom. The van der Waals surface area contributed by atoms with Crippen molar-refractivity contribution in [2.45, 2.75) is 38.0 Å². The number of amides is 2. The zero-order valence-corrected chi connectivity index (χ0v) is 17.8. The van der Waals surface area contributed by atoms with Crippen molar-refractivity contribution in [2.75, 3.05) is 5.32 Å². The minimum absolute atomic E-state index is 0.0318. The second kappa shape index (κ2) is 9.05. The van der Waals surface area contributed by atoms with Crippen LogP contribution in [0.25, 0.3) is 0 Å². The highest BCUT2D eigenvalue weighted by Gasteiger charge is 2.38. The van der Waals surface area contributed by atoms with E-state index >= 15 is 0 Å². The fourth-order valence-corrected chi connectivity index (χ4v) is 3.73. The molecule has 1 aliphatic rings. The van der Waals surface area contributed by atoms with Crippen LogP contribution in [0.15, 0.2) is 73.1 Å². The van der Waals surface area contributed by atoms with Crippen LogP contribution in [0.4, 0.5) is 18.9 Å². The molecule has 0 spiro atoms. The molecule has 0 bridgehead atoms. The molecule has 33 heavy (non-hydrogen) atoms. The Balaban J connectivity index is 1.57. The van der Waals surface area contributed by atoms with E-state index in [0.717, 1.165) is 25.0 Å². The van der Waals surface area contributed by atoms with E-state index in [1.54, 1.807) is 60.5 Å². The average Bonchev–Trinajstić information content (AvgIpc) is 3.64. The number of pyridine rings is 1. The molecule has 0 aliphatic heterocycles. The van der Waals surface area contributed by atoms with Gasteiger partial charge in [-0.25, -0.2) is 0 Å². The minimum Gasteiger partial charge on any atom is -0.329 e. The minimum atomic E-state index is -4.45. The quantitative estimate of drug-likeness (QED) is 0.519. The Labute approximate surface area is 189 Å². The van der Waals surface area contributed by atoms with E-state index in [2.05, 4.69) is 10.3 Å². The van der Waals surface area contributed by atoms with Crippen molar-refractivity contribution in [3.05, 3.63) is 95.3 Å². The fraction of sp³-hybridized carbons (Fsp3) is 0.240. The van der Waals surface area contributed by atoms with Crippen LogP contribution >= 0.6 is 0 Å². The predicted molar refractivity (Wildman–Crippen MR) is 118 cm³/mol. The van der Waals surface area contributed by atoms with Gasteiger partial charge in [0.05, 0.1) is 17.2 Å². The van der Waals surface area contributed by atoms with Crippen molar-refractivity contribution < 1.29 is 22.8 Å². The summed E-state index contributed by atoms with van der Waals surface area (Å²) in [5.41, 5.74) is 0.857. The van der Waals surface area contributed by atoms with E-state index in [1.807, 2.05) is 0 Å². The summed E-state index contributed by atoms with van der Waals surface area (Å²) in [6.45, 7) is 1.74.